The molecule has 108 valence electrons. The largest absolute Gasteiger partial charge is 0.335 e. The smallest absolute Gasteiger partial charge is 0.105 e. The lowest BCUT2D eigenvalue weighted by atomic mass is 10.1. The summed E-state index contributed by atoms with van der Waals surface area (Å²) in [7, 11) is 0. The zero-order valence-corrected chi connectivity index (χ0v) is 12.8. The van der Waals surface area contributed by atoms with Crippen molar-refractivity contribution in [3.8, 4) is 0 Å². The molecule has 0 radical (unpaired) electrons. The summed E-state index contributed by atoms with van der Waals surface area (Å²) in [6, 6.07) is 8.87. The van der Waals surface area contributed by atoms with Crippen molar-refractivity contribution in [2.24, 2.45) is 5.92 Å². The minimum atomic E-state index is 0.595. The molecule has 0 aliphatic rings. The molecule has 3 nitrogen and oxygen atoms in total. The molecule has 1 unspecified atom stereocenters. The number of aromatic nitrogens is 2. The lowest BCUT2D eigenvalue weighted by molar-refractivity contribution is 0.440. The van der Waals surface area contributed by atoms with Crippen LogP contribution in [0.5, 0.6) is 0 Å². The molecule has 0 aliphatic heterocycles. The number of rotatable bonds is 7. The highest BCUT2D eigenvalue weighted by molar-refractivity contribution is 5.22. The van der Waals surface area contributed by atoms with Gasteiger partial charge in [-0.1, -0.05) is 38.1 Å². The lowest BCUT2D eigenvalue weighted by Crippen LogP contribution is -2.24. The molecule has 1 atom stereocenters. The number of imidazole rings is 1. The Labute approximate surface area is 122 Å². The van der Waals surface area contributed by atoms with Crippen LogP contribution in [0.1, 0.15) is 30.8 Å². The normalized spacial score (nSPS) is 12.6. The van der Waals surface area contributed by atoms with E-state index in [2.05, 4.69) is 66.1 Å². The molecule has 0 spiro atoms. The van der Waals surface area contributed by atoms with Crippen molar-refractivity contribution in [2.75, 3.05) is 6.54 Å². The Kier molecular flexibility index (Phi) is 5.36. The molecular formula is C17H25N3. The summed E-state index contributed by atoms with van der Waals surface area (Å²) < 4.78 is 2.21. The van der Waals surface area contributed by atoms with E-state index in [1.54, 1.807) is 0 Å². The molecule has 1 aromatic heterocycles. The third-order valence-corrected chi connectivity index (χ3v) is 3.69. The highest BCUT2D eigenvalue weighted by atomic mass is 15.1. The first-order valence-corrected chi connectivity index (χ1v) is 7.45. The van der Waals surface area contributed by atoms with Crippen LogP contribution in [-0.4, -0.2) is 16.1 Å². The highest BCUT2D eigenvalue weighted by Crippen LogP contribution is 2.06. The molecule has 2 rings (SSSR count). The van der Waals surface area contributed by atoms with Crippen molar-refractivity contribution in [2.45, 2.75) is 40.3 Å². The lowest BCUT2D eigenvalue weighted by Gasteiger charge is -2.14. The Bertz CT molecular complexity index is 513. The fraction of sp³-hybridized carbons (Fsp3) is 0.471. The maximum Gasteiger partial charge on any atom is 0.105 e. The summed E-state index contributed by atoms with van der Waals surface area (Å²) in [5, 5.41) is 3.54. The van der Waals surface area contributed by atoms with Gasteiger partial charge in [0.2, 0.25) is 0 Å². The molecule has 20 heavy (non-hydrogen) atoms. The van der Waals surface area contributed by atoms with Crippen LogP contribution in [0.3, 0.4) is 0 Å². The molecule has 3 heteroatoms. The molecule has 0 fully saturated rings. The van der Waals surface area contributed by atoms with Crippen molar-refractivity contribution in [1.29, 1.82) is 0 Å². The van der Waals surface area contributed by atoms with Crippen LogP contribution in [0.25, 0.3) is 0 Å². The molecule has 0 saturated carbocycles. The molecule has 1 heterocycles. The number of hydrogen-bond acceptors (Lipinski definition) is 2. The number of hydrogen-bond donors (Lipinski definition) is 1. The quantitative estimate of drug-likeness (QED) is 0.838. The number of nitrogens with zero attached hydrogens (tertiary/aromatic N) is 2. The summed E-state index contributed by atoms with van der Waals surface area (Å²) in [5.41, 5.74) is 2.76. The van der Waals surface area contributed by atoms with E-state index < -0.39 is 0 Å². The molecule has 2 aromatic rings. The van der Waals surface area contributed by atoms with E-state index in [9.17, 15) is 0 Å². The van der Waals surface area contributed by atoms with Gasteiger partial charge in [-0.05, 0) is 36.9 Å². The fourth-order valence-electron chi connectivity index (χ4n) is 2.35. The molecule has 0 amide bonds. The van der Waals surface area contributed by atoms with E-state index >= 15 is 0 Å². The maximum absolute atomic E-state index is 4.26. The van der Waals surface area contributed by atoms with Crippen LogP contribution in [0.15, 0.2) is 36.7 Å². The molecule has 1 aromatic carbocycles. The van der Waals surface area contributed by atoms with E-state index in [-0.39, 0.29) is 0 Å². The number of aryl methyl sites for hydroxylation is 2. The zero-order chi connectivity index (χ0) is 14.4. The Morgan fingerprint density at radius 1 is 1.20 bits per heavy atom. The monoisotopic (exact) mass is 271 g/mol. The van der Waals surface area contributed by atoms with Crippen LogP contribution < -0.4 is 5.32 Å². The van der Waals surface area contributed by atoms with E-state index in [0.29, 0.717) is 5.92 Å². The Hall–Kier alpha value is -1.61. The van der Waals surface area contributed by atoms with Crippen molar-refractivity contribution in [3.63, 3.8) is 0 Å². The van der Waals surface area contributed by atoms with E-state index in [4.69, 9.17) is 0 Å². The predicted octanol–water partition coefficient (Wildman–Crippen LogP) is 3.18. The summed E-state index contributed by atoms with van der Waals surface area (Å²) in [6.45, 7) is 9.49. The third kappa shape index (κ3) is 4.20. The van der Waals surface area contributed by atoms with Crippen LogP contribution in [-0.2, 0) is 19.5 Å². The summed E-state index contributed by atoms with van der Waals surface area (Å²) in [4.78, 5) is 4.26. The molecule has 0 saturated heterocycles. The second kappa shape index (κ2) is 7.25. The van der Waals surface area contributed by atoms with E-state index in [1.807, 2.05) is 6.20 Å². The van der Waals surface area contributed by atoms with Gasteiger partial charge in [-0.2, -0.15) is 0 Å². The Morgan fingerprint density at radius 3 is 2.50 bits per heavy atom. The average molecular weight is 271 g/mol. The summed E-state index contributed by atoms with van der Waals surface area (Å²) in [5.74, 6) is 1.69. The third-order valence-electron chi connectivity index (χ3n) is 3.69. The highest BCUT2D eigenvalue weighted by Gasteiger charge is 2.05. The van der Waals surface area contributed by atoms with Gasteiger partial charge in [0.25, 0.3) is 0 Å². The zero-order valence-electron chi connectivity index (χ0n) is 12.8. The first-order chi connectivity index (χ1) is 9.69. The number of benzene rings is 1. The Balaban J connectivity index is 1.73. The molecule has 1 N–H and O–H groups in total. The number of nitrogens with one attached hydrogen (secondary N) is 1. The van der Waals surface area contributed by atoms with Gasteiger partial charge in [-0.15, -0.1) is 0 Å². The first-order valence-electron chi connectivity index (χ1n) is 7.45. The Morgan fingerprint density at radius 2 is 1.90 bits per heavy atom. The van der Waals surface area contributed by atoms with Gasteiger partial charge in [0, 0.05) is 25.5 Å². The summed E-state index contributed by atoms with van der Waals surface area (Å²) in [6.07, 6.45) is 5.02. The predicted molar refractivity (Wildman–Crippen MR) is 83.7 cm³/mol. The maximum atomic E-state index is 4.26. The van der Waals surface area contributed by atoms with E-state index in [0.717, 1.165) is 31.9 Å². The first kappa shape index (κ1) is 14.8. The second-order valence-corrected chi connectivity index (χ2v) is 5.53. The van der Waals surface area contributed by atoms with Gasteiger partial charge in [0.05, 0.1) is 0 Å². The minimum absolute atomic E-state index is 0.595. The SMILES string of the molecule is CCc1ccc(CNCC(C)Cn2ccnc2C)cc1. The minimum Gasteiger partial charge on any atom is -0.335 e. The topological polar surface area (TPSA) is 29.9 Å². The standard InChI is InChI=1S/C17H25N3/c1-4-16-5-7-17(8-6-16)12-18-11-14(2)13-20-10-9-19-15(20)3/h5-10,14,18H,4,11-13H2,1-3H3. The van der Waals surface area contributed by atoms with Crippen molar-refractivity contribution < 1.29 is 0 Å². The second-order valence-electron chi connectivity index (χ2n) is 5.53. The molecule has 0 bridgehead atoms. The van der Waals surface area contributed by atoms with Gasteiger partial charge >= 0.3 is 0 Å². The average Bonchev–Trinajstić information content (AvgIpc) is 2.85. The van der Waals surface area contributed by atoms with Crippen LogP contribution in [0, 0.1) is 12.8 Å². The van der Waals surface area contributed by atoms with Gasteiger partial charge in [0.1, 0.15) is 5.82 Å². The van der Waals surface area contributed by atoms with Gasteiger partial charge < -0.3 is 9.88 Å². The summed E-state index contributed by atoms with van der Waals surface area (Å²) >= 11 is 0. The van der Waals surface area contributed by atoms with Crippen molar-refractivity contribution in [3.05, 3.63) is 53.6 Å². The molecule has 0 aliphatic carbocycles. The van der Waals surface area contributed by atoms with Gasteiger partial charge in [-0.3, -0.25) is 0 Å². The van der Waals surface area contributed by atoms with E-state index in [1.165, 1.54) is 11.1 Å². The van der Waals surface area contributed by atoms with Crippen molar-refractivity contribution >= 4 is 0 Å². The van der Waals surface area contributed by atoms with Crippen LogP contribution >= 0.6 is 0 Å². The van der Waals surface area contributed by atoms with Gasteiger partial charge in [-0.25, -0.2) is 4.98 Å². The van der Waals surface area contributed by atoms with Crippen molar-refractivity contribution in [1.82, 2.24) is 14.9 Å². The van der Waals surface area contributed by atoms with Crippen LogP contribution in [0.4, 0.5) is 0 Å². The fourth-order valence-corrected chi connectivity index (χ4v) is 2.35. The molecular weight excluding hydrogens is 246 g/mol. The van der Waals surface area contributed by atoms with Gasteiger partial charge in [0.15, 0.2) is 0 Å². The van der Waals surface area contributed by atoms with Crippen LogP contribution in [0.2, 0.25) is 0 Å².